The van der Waals surface area contributed by atoms with E-state index in [9.17, 15) is 9.59 Å². The molecule has 0 bridgehead atoms. The molecule has 7 nitrogen and oxygen atoms in total. The zero-order chi connectivity index (χ0) is 21.6. The SMILES string of the molecule is CC(C)(C)NC(=O)CN1CCCN(CC(=O)N2CCN(c3ccccc3)CC2)CC1. The van der Waals surface area contributed by atoms with Gasteiger partial charge in [-0.05, 0) is 52.4 Å². The Balaban J connectivity index is 1.40. The maximum atomic E-state index is 12.8. The summed E-state index contributed by atoms with van der Waals surface area (Å²) in [6, 6.07) is 10.4. The van der Waals surface area contributed by atoms with E-state index in [1.807, 2.05) is 31.7 Å². The van der Waals surface area contributed by atoms with Crippen LogP contribution in [0.15, 0.2) is 30.3 Å². The Hall–Kier alpha value is -2.12. The van der Waals surface area contributed by atoms with Crippen molar-refractivity contribution in [1.82, 2.24) is 20.0 Å². The molecule has 2 saturated heterocycles. The van der Waals surface area contributed by atoms with Crippen LogP contribution in [0.1, 0.15) is 27.2 Å². The van der Waals surface area contributed by atoms with Crippen LogP contribution in [0, 0.1) is 0 Å². The molecule has 0 radical (unpaired) electrons. The molecular formula is C23H37N5O2. The van der Waals surface area contributed by atoms with E-state index < -0.39 is 0 Å². The van der Waals surface area contributed by atoms with Crippen molar-refractivity contribution < 1.29 is 9.59 Å². The molecule has 1 aromatic rings. The lowest BCUT2D eigenvalue weighted by Gasteiger charge is -2.37. The van der Waals surface area contributed by atoms with E-state index in [-0.39, 0.29) is 17.4 Å². The predicted octanol–water partition coefficient (Wildman–Crippen LogP) is 1.26. The number of hydrogen-bond donors (Lipinski definition) is 1. The number of carbonyl (C=O) groups excluding carboxylic acids is 2. The summed E-state index contributed by atoms with van der Waals surface area (Å²) in [6.45, 7) is 13.7. The summed E-state index contributed by atoms with van der Waals surface area (Å²) in [5.41, 5.74) is 1.03. The van der Waals surface area contributed by atoms with Gasteiger partial charge >= 0.3 is 0 Å². The molecule has 0 unspecified atom stereocenters. The van der Waals surface area contributed by atoms with Gasteiger partial charge in [0.1, 0.15) is 0 Å². The van der Waals surface area contributed by atoms with E-state index in [0.29, 0.717) is 13.1 Å². The van der Waals surface area contributed by atoms with Gasteiger partial charge in [0.05, 0.1) is 13.1 Å². The molecule has 1 aromatic carbocycles. The Morgan fingerprint density at radius 1 is 0.833 bits per heavy atom. The third-order valence-corrected chi connectivity index (χ3v) is 5.68. The van der Waals surface area contributed by atoms with Crippen LogP contribution in [0.25, 0.3) is 0 Å². The molecule has 2 aliphatic heterocycles. The number of carbonyl (C=O) groups is 2. The van der Waals surface area contributed by atoms with Crippen molar-refractivity contribution in [2.45, 2.75) is 32.7 Å². The first-order valence-electron chi connectivity index (χ1n) is 11.1. The van der Waals surface area contributed by atoms with Crippen molar-refractivity contribution in [2.24, 2.45) is 0 Å². The number of anilines is 1. The number of hydrogen-bond acceptors (Lipinski definition) is 5. The second-order valence-electron chi connectivity index (χ2n) is 9.41. The monoisotopic (exact) mass is 415 g/mol. The van der Waals surface area contributed by atoms with Gasteiger partial charge in [0.2, 0.25) is 11.8 Å². The minimum absolute atomic E-state index is 0.0725. The van der Waals surface area contributed by atoms with E-state index in [0.717, 1.165) is 58.8 Å². The summed E-state index contributed by atoms with van der Waals surface area (Å²) in [5.74, 6) is 0.296. The van der Waals surface area contributed by atoms with Crippen LogP contribution in [-0.2, 0) is 9.59 Å². The topological polar surface area (TPSA) is 59.1 Å². The maximum Gasteiger partial charge on any atom is 0.236 e. The maximum absolute atomic E-state index is 12.8. The van der Waals surface area contributed by atoms with Gasteiger partial charge in [-0.1, -0.05) is 18.2 Å². The first-order valence-corrected chi connectivity index (χ1v) is 11.1. The molecule has 0 aliphatic carbocycles. The molecule has 30 heavy (non-hydrogen) atoms. The molecular weight excluding hydrogens is 378 g/mol. The van der Waals surface area contributed by atoms with E-state index in [1.54, 1.807) is 0 Å². The number of para-hydroxylation sites is 1. The van der Waals surface area contributed by atoms with Crippen molar-refractivity contribution in [2.75, 3.05) is 70.3 Å². The average molecular weight is 416 g/mol. The number of rotatable bonds is 5. The molecule has 1 N–H and O–H groups in total. The van der Waals surface area contributed by atoms with Crippen LogP contribution in [0.5, 0.6) is 0 Å². The number of nitrogens with one attached hydrogen (secondary N) is 1. The van der Waals surface area contributed by atoms with Crippen LogP contribution in [-0.4, -0.2) is 97.5 Å². The molecule has 2 aliphatic rings. The van der Waals surface area contributed by atoms with Crippen LogP contribution in [0.4, 0.5) is 5.69 Å². The van der Waals surface area contributed by atoms with Crippen molar-refractivity contribution >= 4 is 17.5 Å². The molecule has 2 fully saturated rings. The highest BCUT2D eigenvalue weighted by Gasteiger charge is 2.25. The largest absolute Gasteiger partial charge is 0.368 e. The zero-order valence-electron chi connectivity index (χ0n) is 18.8. The Bertz CT molecular complexity index is 695. The third kappa shape index (κ3) is 6.99. The Morgan fingerprint density at radius 2 is 1.43 bits per heavy atom. The van der Waals surface area contributed by atoms with Crippen LogP contribution >= 0.6 is 0 Å². The number of amides is 2. The minimum Gasteiger partial charge on any atom is -0.368 e. The predicted molar refractivity (Wildman–Crippen MR) is 121 cm³/mol. The van der Waals surface area contributed by atoms with Gasteiger partial charge < -0.3 is 15.1 Å². The molecule has 0 atom stereocenters. The molecule has 7 heteroatoms. The van der Waals surface area contributed by atoms with Crippen LogP contribution in [0.3, 0.4) is 0 Å². The highest BCUT2D eigenvalue weighted by atomic mass is 16.2. The van der Waals surface area contributed by atoms with Gasteiger partial charge in [-0.2, -0.15) is 0 Å². The van der Waals surface area contributed by atoms with Crippen molar-refractivity contribution in [3.05, 3.63) is 30.3 Å². The summed E-state index contributed by atoms with van der Waals surface area (Å²) < 4.78 is 0. The molecule has 0 spiro atoms. The van der Waals surface area contributed by atoms with Crippen LogP contribution < -0.4 is 10.2 Å². The lowest BCUT2D eigenvalue weighted by Crippen LogP contribution is -2.51. The van der Waals surface area contributed by atoms with Gasteiger partial charge in [0.15, 0.2) is 0 Å². The third-order valence-electron chi connectivity index (χ3n) is 5.68. The molecule has 2 amide bonds. The molecule has 3 rings (SSSR count). The average Bonchev–Trinajstić information content (AvgIpc) is 2.92. The lowest BCUT2D eigenvalue weighted by atomic mass is 10.1. The smallest absolute Gasteiger partial charge is 0.236 e. The summed E-state index contributed by atoms with van der Waals surface area (Å²) in [4.78, 5) is 33.8. The van der Waals surface area contributed by atoms with Crippen LogP contribution in [0.2, 0.25) is 0 Å². The lowest BCUT2D eigenvalue weighted by molar-refractivity contribution is -0.132. The number of piperazine rings is 1. The van der Waals surface area contributed by atoms with Crippen molar-refractivity contribution in [1.29, 1.82) is 0 Å². The van der Waals surface area contributed by atoms with E-state index >= 15 is 0 Å². The van der Waals surface area contributed by atoms with E-state index in [2.05, 4.69) is 44.3 Å². The Labute approximate surface area is 181 Å². The van der Waals surface area contributed by atoms with Crippen molar-refractivity contribution in [3.63, 3.8) is 0 Å². The van der Waals surface area contributed by atoms with E-state index in [4.69, 9.17) is 0 Å². The summed E-state index contributed by atoms with van der Waals surface area (Å²) >= 11 is 0. The number of benzene rings is 1. The highest BCUT2D eigenvalue weighted by Crippen LogP contribution is 2.16. The normalized spacial score (nSPS) is 19.4. The summed E-state index contributed by atoms with van der Waals surface area (Å²) in [5, 5.41) is 3.03. The summed E-state index contributed by atoms with van der Waals surface area (Å²) in [6.07, 6.45) is 0.984. The quantitative estimate of drug-likeness (QED) is 0.785. The van der Waals surface area contributed by atoms with Gasteiger partial charge in [-0.3, -0.25) is 19.4 Å². The highest BCUT2D eigenvalue weighted by molar-refractivity contribution is 5.79. The summed E-state index contributed by atoms with van der Waals surface area (Å²) in [7, 11) is 0. The second kappa shape index (κ2) is 10.3. The first kappa shape index (κ1) is 22.6. The van der Waals surface area contributed by atoms with Crippen molar-refractivity contribution in [3.8, 4) is 0 Å². The molecule has 166 valence electrons. The molecule has 2 heterocycles. The standard InChI is InChI=1S/C23H37N5O2/c1-23(2,3)24-21(29)18-25-10-7-11-26(13-12-25)19-22(30)28-16-14-27(15-17-28)20-8-5-4-6-9-20/h4-6,8-9H,7,10-19H2,1-3H3,(H,24,29). The zero-order valence-corrected chi connectivity index (χ0v) is 18.8. The molecule has 0 aromatic heterocycles. The fraction of sp³-hybridized carbons (Fsp3) is 0.652. The minimum atomic E-state index is -0.202. The Kier molecular flexibility index (Phi) is 7.72. The number of nitrogens with zero attached hydrogens (tertiary/aromatic N) is 4. The Morgan fingerprint density at radius 3 is 2.03 bits per heavy atom. The fourth-order valence-corrected chi connectivity index (χ4v) is 4.15. The van der Waals surface area contributed by atoms with Gasteiger partial charge in [0, 0.05) is 50.5 Å². The first-order chi connectivity index (χ1) is 14.3. The second-order valence-corrected chi connectivity index (χ2v) is 9.41. The molecule has 0 saturated carbocycles. The van der Waals surface area contributed by atoms with E-state index in [1.165, 1.54) is 5.69 Å². The van der Waals surface area contributed by atoms with Gasteiger partial charge in [-0.15, -0.1) is 0 Å². The van der Waals surface area contributed by atoms with Gasteiger partial charge in [-0.25, -0.2) is 0 Å². The van der Waals surface area contributed by atoms with Gasteiger partial charge in [0.25, 0.3) is 0 Å². The fourth-order valence-electron chi connectivity index (χ4n) is 4.15.